The summed E-state index contributed by atoms with van der Waals surface area (Å²) in [7, 11) is 0. The van der Waals surface area contributed by atoms with Gasteiger partial charge < -0.3 is 10.4 Å². The average molecular weight is 273 g/mol. The molecule has 1 aromatic rings. The molecular weight excluding hydrogens is 254 g/mol. The second kappa shape index (κ2) is 7.04. The van der Waals surface area contributed by atoms with Crippen LogP contribution in [0.1, 0.15) is 18.4 Å². The molecule has 1 fully saturated rings. The third-order valence-corrected chi connectivity index (χ3v) is 3.55. The molecule has 0 bridgehead atoms. The maximum Gasteiger partial charge on any atom is 0.238 e. The van der Waals surface area contributed by atoms with Gasteiger partial charge in [-0.2, -0.15) is 5.26 Å². The van der Waals surface area contributed by atoms with Crippen molar-refractivity contribution in [3.8, 4) is 6.07 Å². The molecule has 0 aliphatic carbocycles. The van der Waals surface area contributed by atoms with Crippen LogP contribution in [0.4, 0.5) is 5.69 Å². The van der Waals surface area contributed by atoms with Crippen LogP contribution in [0.2, 0.25) is 0 Å². The number of nitriles is 1. The molecule has 2 rings (SSSR count). The van der Waals surface area contributed by atoms with Crippen molar-refractivity contribution in [1.82, 2.24) is 4.90 Å². The molecule has 0 saturated carbocycles. The molecule has 1 saturated heterocycles. The van der Waals surface area contributed by atoms with Gasteiger partial charge in [-0.1, -0.05) is 12.1 Å². The molecule has 1 unspecified atom stereocenters. The first-order valence-electron chi connectivity index (χ1n) is 6.85. The molecule has 2 N–H and O–H groups in total. The van der Waals surface area contributed by atoms with Crippen LogP contribution in [0.3, 0.4) is 0 Å². The number of carbonyl (C=O) groups excluding carboxylic acids is 1. The van der Waals surface area contributed by atoms with Crippen molar-refractivity contribution in [3.63, 3.8) is 0 Å². The van der Waals surface area contributed by atoms with Crippen LogP contribution in [-0.4, -0.2) is 42.2 Å². The lowest BCUT2D eigenvalue weighted by molar-refractivity contribution is -0.117. The maximum absolute atomic E-state index is 12.0. The van der Waals surface area contributed by atoms with E-state index in [0.29, 0.717) is 17.8 Å². The Balaban J connectivity index is 1.91. The summed E-state index contributed by atoms with van der Waals surface area (Å²) >= 11 is 0. The van der Waals surface area contributed by atoms with E-state index in [-0.39, 0.29) is 18.4 Å². The number of benzene rings is 1. The Kier molecular flexibility index (Phi) is 5.10. The van der Waals surface area contributed by atoms with Gasteiger partial charge in [0.25, 0.3) is 0 Å². The number of hydrogen-bond acceptors (Lipinski definition) is 4. The van der Waals surface area contributed by atoms with E-state index in [1.807, 2.05) is 0 Å². The Morgan fingerprint density at radius 1 is 1.50 bits per heavy atom. The number of rotatable bonds is 4. The summed E-state index contributed by atoms with van der Waals surface area (Å²) in [5.41, 5.74) is 1.02. The number of piperidine rings is 1. The molecule has 1 atom stereocenters. The minimum absolute atomic E-state index is 0.119. The van der Waals surface area contributed by atoms with Crippen molar-refractivity contribution in [2.75, 3.05) is 31.6 Å². The SMILES string of the molecule is N#Cc1ccccc1NC(=O)CN1CCCC(CO)C1. The highest BCUT2D eigenvalue weighted by Gasteiger charge is 2.21. The molecule has 5 heteroatoms. The second-order valence-electron chi connectivity index (χ2n) is 5.13. The zero-order valence-electron chi connectivity index (χ0n) is 11.4. The number of aliphatic hydroxyl groups is 1. The smallest absolute Gasteiger partial charge is 0.238 e. The predicted molar refractivity (Wildman–Crippen MR) is 76.0 cm³/mol. The van der Waals surface area contributed by atoms with Gasteiger partial charge in [0.2, 0.25) is 5.91 Å². The van der Waals surface area contributed by atoms with E-state index in [2.05, 4.69) is 16.3 Å². The number of likely N-dealkylation sites (tertiary alicyclic amines) is 1. The summed E-state index contributed by atoms with van der Waals surface area (Å²) < 4.78 is 0. The van der Waals surface area contributed by atoms with E-state index >= 15 is 0 Å². The molecule has 5 nitrogen and oxygen atoms in total. The van der Waals surface area contributed by atoms with E-state index in [0.717, 1.165) is 25.9 Å². The summed E-state index contributed by atoms with van der Waals surface area (Å²) in [6, 6.07) is 9.02. The van der Waals surface area contributed by atoms with Crippen molar-refractivity contribution >= 4 is 11.6 Å². The van der Waals surface area contributed by atoms with Crippen molar-refractivity contribution < 1.29 is 9.90 Å². The second-order valence-corrected chi connectivity index (χ2v) is 5.13. The molecule has 1 heterocycles. The molecule has 1 aliphatic rings. The first-order valence-corrected chi connectivity index (χ1v) is 6.85. The van der Waals surface area contributed by atoms with Crippen molar-refractivity contribution in [2.24, 2.45) is 5.92 Å². The van der Waals surface area contributed by atoms with Crippen LogP contribution in [0.5, 0.6) is 0 Å². The van der Waals surface area contributed by atoms with Crippen molar-refractivity contribution in [3.05, 3.63) is 29.8 Å². The van der Waals surface area contributed by atoms with E-state index in [4.69, 9.17) is 5.26 Å². The molecule has 1 aliphatic heterocycles. The fourth-order valence-electron chi connectivity index (χ4n) is 2.53. The van der Waals surface area contributed by atoms with Gasteiger partial charge in [-0.25, -0.2) is 0 Å². The quantitative estimate of drug-likeness (QED) is 0.864. The Morgan fingerprint density at radius 3 is 3.05 bits per heavy atom. The number of carbonyl (C=O) groups is 1. The monoisotopic (exact) mass is 273 g/mol. The fourth-order valence-corrected chi connectivity index (χ4v) is 2.53. The minimum atomic E-state index is -0.119. The third kappa shape index (κ3) is 3.80. The number of para-hydroxylation sites is 1. The predicted octanol–water partition coefficient (Wildman–Crippen LogP) is 1.20. The van der Waals surface area contributed by atoms with Crippen LogP contribution >= 0.6 is 0 Å². The van der Waals surface area contributed by atoms with Crippen LogP contribution in [0.15, 0.2) is 24.3 Å². The van der Waals surface area contributed by atoms with Crippen LogP contribution in [0.25, 0.3) is 0 Å². The zero-order valence-corrected chi connectivity index (χ0v) is 11.4. The van der Waals surface area contributed by atoms with Crippen LogP contribution in [-0.2, 0) is 4.79 Å². The molecule has 106 valence electrons. The van der Waals surface area contributed by atoms with E-state index in [1.54, 1.807) is 24.3 Å². The molecule has 0 radical (unpaired) electrons. The Morgan fingerprint density at radius 2 is 2.30 bits per heavy atom. The highest BCUT2D eigenvalue weighted by molar-refractivity contribution is 5.93. The largest absolute Gasteiger partial charge is 0.396 e. The fraction of sp³-hybridized carbons (Fsp3) is 0.467. The molecule has 0 aromatic heterocycles. The Bertz CT molecular complexity index is 510. The topological polar surface area (TPSA) is 76.4 Å². The zero-order chi connectivity index (χ0) is 14.4. The maximum atomic E-state index is 12.0. The molecule has 20 heavy (non-hydrogen) atoms. The highest BCUT2D eigenvalue weighted by Crippen LogP contribution is 2.16. The number of hydrogen-bond donors (Lipinski definition) is 2. The highest BCUT2D eigenvalue weighted by atomic mass is 16.3. The normalized spacial score (nSPS) is 19.3. The van der Waals surface area contributed by atoms with Crippen LogP contribution < -0.4 is 5.32 Å². The van der Waals surface area contributed by atoms with Gasteiger partial charge in [0.1, 0.15) is 6.07 Å². The van der Waals surface area contributed by atoms with Gasteiger partial charge in [0.05, 0.1) is 17.8 Å². The van der Waals surface area contributed by atoms with Gasteiger partial charge in [-0.05, 0) is 37.4 Å². The van der Waals surface area contributed by atoms with Crippen LogP contribution in [0, 0.1) is 17.2 Å². The average Bonchev–Trinajstić information content (AvgIpc) is 2.48. The summed E-state index contributed by atoms with van der Waals surface area (Å²) in [6.45, 7) is 2.11. The number of aliphatic hydroxyl groups excluding tert-OH is 1. The first kappa shape index (κ1) is 14.5. The lowest BCUT2D eigenvalue weighted by Crippen LogP contribution is -2.41. The van der Waals surface area contributed by atoms with Gasteiger partial charge in [-0.3, -0.25) is 9.69 Å². The lowest BCUT2D eigenvalue weighted by Gasteiger charge is -2.31. The molecule has 1 aromatic carbocycles. The summed E-state index contributed by atoms with van der Waals surface area (Å²) in [5.74, 6) is 0.147. The van der Waals surface area contributed by atoms with E-state index in [9.17, 15) is 9.90 Å². The minimum Gasteiger partial charge on any atom is -0.396 e. The summed E-state index contributed by atoms with van der Waals surface area (Å²) in [6.07, 6.45) is 2.03. The Hall–Kier alpha value is -1.90. The standard InChI is InChI=1S/C15H19N3O2/c16-8-13-5-1-2-6-14(13)17-15(20)10-18-7-3-4-12(9-18)11-19/h1-2,5-6,12,19H,3-4,7,9-11H2,(H,17,20). The van der Waals surface area contributed by atoms with Gasteiger partial charge in [0, 0.05) is 13.2 Å². The third-order valence-electron chi connectivity index (χ3n) is 3.55. The number of anilines is 1. The lowest BCUT2D eigenvalue weighted by atomic mass is 9.99. The summed E-state index contributed by atoms with van der Waals surface area (Å²) in [4.78, 5) is 14.1. The number of nitrogens with zero attached hydrogens (tertiary/aromatic N) is 2. The van der Waals surface area contributed by atoms with E-state index < -0.39 is 0 Å². The Labute approximate surface area is 118 Å². The van der Waals surface area contributed by atoms with Crippen molar-refractivity contribution in [2.45, 2.75) is 12.8 Å². The summed E-state index contributed by atoms with van der Waals surface area (Å²) in [5, 5.41) is 20.9. The van der Waals surface area contributed by atoms with Gasteiger partial charge in [-0.15, -0.1) is 0 Å². The first-order chi connectivity index (χ1) is 9.72. The van der Waals surface area contributed by atoms with Gasteiger partial charge in [0.15, 0.2) is 0 Å². The molecule has 0 spiro atoms. The van der Waals surface area contributed by atoms with Gasteiger partial charge >= 0.3 is 0 Å². The molecular formula is C15H19N3O2. The van der Waals surface area contributed by atoms with Crippen molar-refractivity contribution in [1.29, 1.82) is 5.26 Å². The number of nitrogens with one attached hydrogen (secondary N) is 1. The molecule has 1 amide bonds. The number of amides is 1. The van der Waals surface area contributed by atoms with E-state index in [1.165, 1.54) is 0 Å².